The monoisotopic (exact) mass is 363 g/mol. The summed E-state index contributed by atoms with van der Waals surface area (Å²) >= 11 is 0. The molecule has 0 unspecified atom stereocenters. The molecule has 0 heterocycles. The summed E-state index contributed by atoms with van der Waals surface area (Å²) in [5.74, 6) is -0.577. The highest BCUT2D eigenvalue weighted by atomic mass is 32.2. The highest BCUT2D eigenvalue weighted by Gasteiger charge is 2.25. The van der Waals surface area contributed by atoms with Crippen molar-refractivity contribution in [1.82, 2.24) is 0 Å². The van der Waals surface area contributed by atoms with Crippen LogP contribution in [0.25, 0.3) is 0 Å². The smallest absolute Gasteiger partial charge is 0.262 e. The van der Waals surface area contributed by atoms with Gasteiger partial charge in [0.1, 0.15) is 5.82 Å². The van der Waals surface area contributed by atoms with Crippen LogP contribution < -0.4 is 4.72 Å². The van der Waals surface area contributed by atoms with Gasteiger partial charge in [0.2, 0.25) is 0 Å². The van der Waals surface area contributed by atoms with Crippen LogP contribution >= 0.6 is 0 Å². The highest BCUT2D eigenvalue weighted by molar-refractivity contribution is 7.92. The number of rotatable bonds is 6. The van der Waals surface area contributed by atoms with Crippen molar-refractivity contribution in [2.45, 2.75) is 57.8 Å². The van der Waals surface area contributed by atoms with Gasteiger partial charge >= 0.3 is 0 Å². The molecule has 0 spiro atoms. The quantitative estimate of drug-likeness (QED) is 0.755. The number of hydrogen-bond acceptors (Lipinski definition) is 2. The number of benzene rings is 2. The SMILES string of the molecule is CCC(C)(CC)c1ccc(F)c(NS(=O)(=O)c2cccc(C)c2C)c1. The van der Waals surface area contributed by atoms with Gasteiger partial charge in [0.05, 0.1) is 10.6 Å². The van der Waals surface area contributed by atoms with Crippen LogP contribution in [0.2, 0.25) is 0 Å². The zero-order valence-electron chi connectivity index (χ0n) is 15.5. The van der Waals surface area contributed by atoms with Crippen molar-refractivity contribution in [2.24, 2.45) is 0 Å². The molecule has 3 nitrogen and oxygen atoms in total. The van der Waals surface area contributed by atoms with Gasteiger partial charge < -0.3 is 0 Å². The van der Waals surface area contributed by atoms with E-state index in [9.17, 15) is 12.8 Å². The number of hydrogen-bond donors (Lipinski definition) is 1. The number of nitrogens with one attached hydrogen (secondary N) is 1. The molecule has 2 rings (SSSR count). The van der Waals surface area contributed by atoms with E-state index in [0.717, 1.165) is 24.0 Å². The van der Waals surface area contributed by atoms with Crippen LogP contribution in [0.5, 0.6) is 0 Å². The Morgan fingerprint density at radius 2 is 1.72 bits per heavy atom. The van der Waals surface area contributed by atoms with E-state index in [1.54, 1.807) is 25.1 Å². The first kappa shape index (κ1) is 19.4. The number of sulfonamides is 1. The molecule has 0 aliphatic heterocycles. The molecule has 0 fully saturated rings. The number of anilines is 1. The predicted molar refractivity (Wildman–Crippen MR) is 101 cm³/mol. The predicted octanol–water partition coefficient (Wildman–Crippen LogP) is 5.32. The Bertz CT molecular complexity index is 871. The average Bonchev–Trinajstić information content (AvgIpc) is 2.58. The lowest BCUT2D eigenvalue weighted by Gasteiger charge is -2.28. The molecule has 0 bridgehead atoms. The Kier molecular flexibility index (Phi) is 5.57. The molecule has 0 radical (unpaired) electrons. The molecule has 2 aromatic carbocycles. The van der Waals surface area contributed by atoms with Crippen LogP contribution in [0, 0.1) is 19.7 Å². The Balaban J connectivity index is 2.48. The maximum atomic E-state index is 14.3. The topological polar surface area (TPSA) is 46.2 Å². The first-order chi connectivity index (χ1) is 11.6. The zero-order chi connectivity index (χ0) is 18.8. The molecule has 25 heavy (non-hydrogen) atoms. The molecule has 2 aromatic rings. The van der Waals surface area contributed by atoms with Crippen LogP contribution in [0.4, 0.5) is 10.1 Å². The van der Waals surface area contributed by atoms with Gasteiger partial charge in [0, 0.05) is 0 Å². The minimum Gasteiger partial charge on any atom is -0.277 e. The Morgan fingerprint density at radius 3 is 2.32 bits per heavy atom. The summed E-state index contributed by atoms with van der Waals surface area (Å²) in [5.41, 5.74) is 2.34. The first-order valence-corrected chi connectivity index (χ1v) is 10.0. The summed E-state index contributed by atoms with van der Waals surface area (Å²) in [6.07, 6.45) is 1.77. The van der Waals surface area contributed by atoms with E-state index in [0.29, 0.717) is 5.56 Å². The second-order valence-electron chi connectivity index (χ2n) is 6.77. The fourth-order valence-electron chi connectivity index (χ4n) is 2.85. The average molecular weight is 363 g/mol. The largest absolute Gasteiger partial charge is 0.277 e. The van der Waals surface area contributed by atoms with Crippen LogP contribution in [0.15, 0.2) is 41.3 Å². The lowest BCUT2D eigenvalue weighted by molar-refractivity contribution is 0.438. The fourth-order valence-corrected chi connectivity index (χ4v) is 4.23. The van der Waals surface area contributed by atoms with Gasteiger partial charge in [-0.3, -0.25) is 4.72 Å². The van der Waals surface area contributed by atoms with Gasteiger partial charge in [-0.1, -0.05) is 39.0 Å². The zero-order valence-corrected chi connectivity index (χ0v) is 16.3. The van der Waals surface area contributed by atoms with Crippen molar-refractivity contribution in [1.29, 1.82) is 0 Å². The molecule has 0 aliphatic rings. The van der Waals surface area contributed by atoms with E-state index in [2.05, 4.69) is 25.5 Å². The highest BCUT2D eigenvalue weighted by Crippen LogP contribution is 2.34. The van der Waals surface area contributed by atoms with Gasteiger partial charge in [-0.15, -0.1) is 0 Å². The molecular weight excluding hydrogens is 337 g/mol. The van der Waals surface area contributed by atoms with Gasteiger partial charge in [-0.05, 0) is 67.0 Å². The fraction of sp³-hybridized carbons (Fsp3) is 0.400. The Hall–Kier alpha value is -1.88. The van der Waals surface area contributed by atoms with Crippen LogP contribution in [-0.2, 0) is 15.4 Å². The molecule has 136 valence electrons. The van der Waals surface area contributed by atoms with Crippen molar-refractivity contribution in [3.63, 3.8) is 0 Å². The first-order valence-electron chi connectivity index (χ1n) is 8.53. The summed E-state index contributed by atoms with van der Waals surface area (Å²) in [7, 11) is -3.85. The molecule has 1 N–H and O–H groups in total. The van der Waals surface area contributed by atoms with Crippen LogP contribution in [0.1, 0.15) is 50.3 Å². The molecular formula is C20H26FNO2S. The maximum Gasteiger partial charge on any atom is 0.262 e. The van der Waals surface area contributed by atoms with Crippen molar-refractivity contribution in [2.75, 3.05) is 4.72 Å². The van der Waals surface area contributed by atoms with E-state index in [-0.39, 0.29) is 16.0 Å². The minimum absolute atomic E-state index is 0.00784. The molecule has 0 atom stereocenters. The Morgan fingerprint density at radius 1 is 1.08 bits per heavy atom. The van der Waals surface area contributed by atoms with E-state index < -0.39 is 15.8 Å². The maximum absolute atomic E-state index is 14.3. The second-order valence-corrected chi connectivity index (χ2v) is 8.42. The van der Waals surface area contributed by atoms with Crippen LogP contribution in [-0.4, -0.2) is 8.42 Å². The summed E-state index contributed by atoms with van der Waals surface area (Å²) in [6.45, 7) is 9.86. The van der Waals surface area contributed by atoms with E-state index in [1.165, 1.54) is 12.1 Å². The molecule has 0 aromatic heterocycles. The minimum atomic E-state index is -3.85. The lowest BCUT2D eigenvalue weighted by Crippen LogP contribution is -2.21. The van der Waals surface area contributed by atoms with E-state index >= 15 is 0 Å². The van der Waals surface area contributed by atoms with Crippen molar-refractivity contribution in [3.05, 3.63) is 58.9 Å². The lowest BCUT2D eigenvalue weighted by atomic mass is 9.78. The third kappa shape index (κ3) is 3.87. The van der Waals surface area contributed by atoms with Crippen molar-refractivity contribution in [3.8, 4) is 0 Å². The summed E-state index contributed by atoms with van der Waals surface area (Å²) in [5, 5.41) is 0. The Labute approximate surface area is 150 Å². The summed E-state index contributed by atoms with van der Waals surface area (Å²) in [6, 6.07) is 9.76. The van der Waals surface area contributed by atoms with E-state index in [4.69, 9.17) is 0 Å². The molecule has 0 saturated heterocycles. The van der Waals surface area contributed by atoms with Gasteiger partial charge in [0.15, 0.2) is 0 Å². The van der Waals surface area contributed by atoms with Gasteiger partial charge in [-0.25, -0.2) is 12.8 Å². The molecule has 5 heteroatoms. The molecule has 0 aliphatic carbocycles. The molecule has 0 saturated carbocycles. The van der Waals surface area contributed by atoms with Crippen molar-refractivity contribution >= 4 is 15.7 Å². The summed E-state index contributed by atoms with van der Waals surface area (Å²) < 4.78 is 42.2. The second kappa shape index (κ2) is 7.16. The standard InChI is InChI=1S/C20H26FNO2S/c1-6-20(5,7-2)16-11-12-17(21)18(13-16)22-25(23,24)19-10-8-9-14(3)15(19)4/h8-13,22H,6-7H2,1-5H3. The number of halogens is 1. The van der Waals surface area contributed by atoms with Gasteiger partial charge in [-0.2, -0.15) is 0 Å². The van der Waals surface area contributed by atoms with E-state index in [1.807, 2.05) is 13.0 Å². The third-order valence-electron chi connectivity index (χ3n) is 5.31. The number of aryl methyl sites for hydroxylation is 1. The third-order valence-corrected chi connectivity index (χ3v) is 6.82. The van der Waals surface area contributed by atoms with Gasteiger partial charge in [0.25, 0.3) is 10.0 Å². The normalized spacial score (nSPS) is 12.2. The van der Waals surface area contributed by atoms with Crippen LogP contribution in [0.3, 0.4) is 0 Å². The summed E-state index contributed by atoms with van der Waals surface area (Å²) in [4.78, 5) is 0.172. The molecule has 0 amide bonds. The van der Waals surface area contributed by atoms with Crippen molar-refractivity contribution < 1.29 is 12.8 Å².